The molecule has 2 aromatic carbocycles. The van der Waals surface area contributed by atoms with Crippen molar-refractivity contribution < 1.29 is 0 Å². The molecule has 1 aliphatic carbocycles. The van der Waals surface area contributed by atoms with Crippen LogP contribution in [0.5, 0.6) is 0 Å². The Labute approximate surface area is 131 Å². The van der Waals surface area contributed by atoms with Crippen LogP contribution < -0.4 is 0 Å². The summed E-state index contributed by atoms with van der Waals surface area (Å²) in [4.78, 5) is 0. The Bertz CT molecular complexity index is 675. The fourth-order valence-corrected chi connectivity index (χ4v) is 3.42. The summed E-state index contributed by atoms with van der Waals surface area (Å²) in [6.45, 7) is 6.61. The number of allylic oxidation sites excluding steroid dienone is 1. The standard InChI is InChI=1S/C19H19.Li/c1-4-15-11-16-6-5-7-18(19(16)12-15)17-9-13(2)8-14(3)10-17;/h5-12H,4H2,1-3H3;. The number of aryl methyl sites for hydroxylation is 2. The summed E-state index contributed by atoms with van der Waals surface area (Å²) >= 11 is 2.33. The Hall–Kier alpha value is -1.22. The molecule has 0 aromatic heterocycles. The van der Waals surface area contributed by atoms with Crippen molar-refractivity contribution in [1.82, 2.24) is 0 Å². The van der Waals surface area contributed by atoms with Gasteiger partial charge in [0.25, 0.3) is 0 Å². The Morgan fingerprint density at radius 1 is 1.05 bits per heavy atom. The van der Waals surface area contributed by atoms with Crippen molar-refractivity contribution in [2.45, 2.75) is 31.8 Å². The minimum absolute atomic E-state index is 0.570. The molecule has 96 valence electrons. The summed E-state index contributed by atoms with van der Waals surface area (Å²) in [5.41, 5.74) is 9.87. The number of hydrogen-bond donors (Lipinski definition) is 0. The summed E-state index contributed by atoms with van der Waals surface area (Å²) in [5.74, 6) is 0. The van der Waals surface area contributed by atoms with Crippen molar-refractivity contribution in [2.75, 3.05) is 0 Å². The van der Waals surface area contributed by atoms with E-state index in [0.29, 0.717) is 4.59 Å². The van der Waals surface area contributed by atoms with Gasteiger partial charge in [-0.05, 0) is 0 Å². The predicted molar refractivity (Wildman–Crippen MR) is 88.1 cm³/mol. The van der Waals surface area contributed by atoms with Crippen LogP contribution in [0.2, 0.25) is 0 Å². The van der Waals surface area contributed by atoms with Crippen LogP contribution in [-0.4, -0.2) is 17.7 Å². The van der Waals surface area contributed by atoms with Crippen LogP contribution in [0.1, 0.15) is 40.2 Å². The first-order valence-electron chi connectivity index (χ1n) is 7.52. The molecular formula is C19H19Li. The Morgan fingerprint density at radius 3 is 2.40 bits per heavy atom. The molecule has 0 fully saturated rings. The molecule has 0 amide bonds. The number of hydrogen-bond acceptors (Lipinski definition) is 0. The SMILES string of the molecule is [Li][CH]1C(CC)=Cc2c(-c3cc(C)cc(C)c3)cccc21. The third-order valence-corrected chi connectivity index (χ3v) is 4.43. The molecule has 0 nitrogen and oxygen atoms in total. The van der Waals surface area contributed by atoms with Crippen molar-refractivity contribution in [3.05, 3.63) is 64.2 Å². The second-order valence-corrected chi connectivity index (χ2v) is 5.98. The molecule has 1 aliphatic rings. The zero-order valence-corrected chi connectivity index (χ0v) is 12.8. The second kappa shape index (κ2) is 5.28. The molecule has 20 heavy (non-hydrogen) atoms. The van der Waals surface area contributed by atoms with E-state index >= 15 is 0 Å². The van der Waals surface area contributed by atoms with E-state index in [-0.39, 0.29) is 0 Å². The third-order valence-electron chi connectivity index (χ3n) is 4.43. The minimum atomic E-state index is 0.570. The van der Waals surface area contributed by atoms with Crippen molar-refractivity contribution in [2.24, 2.45) is 0 Å². The van der Waals surface area contributed by atoms with Crippen LogP contribution in [-0.2, 0) is 0 Å². The van der Waals surface area contributed by atoms with Gasteiger partial charge in [-0.15, -0.1) is 0 Å². The molecular weight excluding hydrogens is 235 g/mol. The first kappa shape index (κ1) is 13.7. The van der Waals surface area contributed by atoms with E-state index in [1.807, 2.05) is 0 Å². The average molecular weight is 254 g/mol. The van der Waals surface area contributed by atoms with E-state index in [2.05, 4.69) is 81.0 Å². The molecule has 3 rings (SSSR count). The molecule has 0 spiro atoms. The monoisotopic (exact) mass is 254 g/mol. The van der Waals surface area contributed by atoms with Gasteiger partial charge in [0.1, 0.15) is 0 Å². The van der Waals surface area contributed by atoms with Crippen molar-refractivity contribution in [3.63, 3.8) is 0 Å². The first-order valence-corrected chi connectivity index (χ1v) is 7.52. The van der Waals surface area contributed by atoms with Gasteiger partial charge in [0, 0.05) is 0 Å². The number of benzene rings is 2. The quantitative estimate of drug-likeness (QED) is 0.662. The van der Waals surface area contributed by atoms with Gasteiger partial charge in [0.2, 0.25) is 0 Å². The molecule has 0 heterocycles. The van der Waals surface area contributed by atoms with E-state index in [1.165, 1.54) is 33.4 Å². The molecule has 1 atom stereocenters. The maximum absolute atomic E-state index is 2.41. The summed E-state index contributed by atoms with van der Waals surface area (Å²) < 4.78 is 0.570. The summed E-state index contributed by atoms with van der Waals surface area (Å²) in [7, 11) is 0. The zero-order valence-electron chi connectivity index (χ0n) is 12.8. The molecule has 1 heteroatoms. The average Bonchev–Trinajstić information content (AvgIpc) is 2.74. The number of rotatable bonds is 2. The van der Waals surface area contributed by atoms with Crippen LogP contribution in [0.4, 0.5) is 0 Å². The normalized spacial score (nSPS) is 17.1. The summed E-state index contributed by atoms with van der Waals surface area (Å²) in [6.07, 6.45) is 3.55. The van der Waals surface area contributed by atoms with Crippen molar-refractivity contribution >= 4 is 23.8 Å². The third kappa shape index (κ3) is 2.28. The molecule has 2 aromatic rings. The van der Waals surface area contributed by atoms with Gasteiger partial charge in [0.15, 0.2) is 0 Å². The van der Waals surface area contributed by atoms with E-state index in [9.17, 15) is 0 Å². The molecule has 0 saturated carbocycles. The van der Waals surface area contributed by atoms with E-state index in [1.54, 1.807) is 5.57 Å². The predicted octanol–water partition coefficient (Wildman–Crippen LogP) is 4.99. The van der Waals surface area contributed by atoms with Crippen LogP contribution >= 0.6 is 0 Å². The van der Waals surface area contributed by atoms with E-state index in [0.717, 1.165) is 6.42 Å². The van der Waals surface area contributed by atoms with E-state index < -0.39 is 0 Å². The van der Waals surface area contributed by atoms with Gasteiger partial charge >= 0.3 is 131 Å². The van der Waals surface area contributed by atoms with Gasteiger partial charge in [-0.2, -0.15) is 0 Å². The number of fused-ring (bicyclic) bond motifs is 1. The topological polar surface area (TPSA) is 0 Å². The van der Waals surface area contributed by atoms with Crippen molar-refractivity contribution in [1.29, 1.82) is 0 Å². The van der Waals surface area contributed by atoms with Gasteiger partial charge in [-0.3, -0.25) is 0 Å². The Balaban J connectivity index is 2.20. The second-order valence-electron chi connectivity index (χ2n) is 5.98. The zero-order chi connectivity index (χ0) is 14.3. The molecule has 0 aliphatic heterocycles. The van der Waals surface area contributed by atoms with Crippen LogP contribution in [0, 0.1) is 13.8 Å². The maximum atomic E-state index is 2.41. The first-order chi connectivity index (χ1) is 9.60. The van der Waals surface area contributed by atoms with Crippen LogP contribution in [0.25, 0.3) is 17.2 Å². The Morgan fingerprint density at radius 2 is 1.75 bits per heavy atom. The molecule has 0 bridgehead atoms. The van der Waals surface area contributed by atoms with Gasteiger partial charge in [0.05, 0.1) is 0 Å². The molecule has 1 unspecified atom stereocenters. The van der Waals surface area contributed by atoms with Gasteiger partial charge in [-0.1, -0.05) is 0 Å². The molecule has 0 radical (unpaired) electrons. The van der Waals surface area contributed by atoms with Crippen LogP contribution in [0.3, 0.4) is 0 Å². The van der Waals surface area contributed by atoms with E-state index in [4.69, 9.17) is 0 Å². The van der Waals surface area contributed by atoms with Gasteiger partial charge in [-0.25, -0.2) is 0 Å². The van der Waals surface area contributed by atoms with Gasteiger partial charge < -0.3 is 0 Å². The van der Waals surface area contributed by atoms with Crippen molar-refractivity contribution in [3.8, 4) is 11.1 Å². The Kier molecular flexibility index (Phi) is 3.63. The summed E-state index contributed by atoms with van der Waals surface area (Å²) in [5, 5.41) is 0. The molecule has 0 N–H and O–H groups in total. The fourth-order valence-electron chi connectivity index (χ4n) is 3.42. The van der Waals surface area contributed by atoms with Crippen LogP contribution in [0.15, 0.2) is 42.0 Å². The fraction of sp³-hybridized carbons (Fsp3) is 0.263. The molecule has 0 saturated heterocycles. The summed E-state index contributed by atoms with van der Waals surface area (Å²) in [6, 6.07) is 13.6.